The van der Waals surface area contributed by atoms with Crippen LogP contribution in [0.15, 0.2) is 43.4 Å². The molecule has 0 saturated carbocycles. The topological polar surface area (TPSA) is 95.5 Å². The number of carbonyl (C=O) groups excluding carboxylic acids is 1. The van der Waals surface area contributed by atoms with Crippen LogP contribution in [0, 0.1) is 5.92 Å². The van der Waals surface area contributed by atoms with E-state index in [1.807, 2.05) is 23.1 Å². The Balaban J connectivity index is 1.46. The molecule has 8 nitrogen and oxygen atoms in total. The summed E-state index contributed by atoms with van der Waals surface area (Å²) in [4.78, 5) is 22.4. The zero-order valence-corrected chi connectivity index (χ0v) is 16.6. The summed E-state index contributed by atoms with van der Waals surface area (Å²) in [6, 6.07) is 5.87. The zero-order chi connectivity index (χ0) is 20.7. The SMILES string of the molecule is C=CC(=O)N1CCC(Cn2cc(-c3ccc4c(c3)OCO4)c3c(N)ncnc32)CC1. The number of nitrogens with two attached hydrogens (primary N) is 1. The van der Waals surface area contributed by atoms with E-state index < -0.39 is 0 Å². The lowest BCUT2D eigenvalue weighted by molar-refractivity contribution is -0.127. The first-order chi connectivity index (χ1) is 14.6. The second kappa shape index (κ2) is 7.37. The number of nitrogen functional groups attached to an aromatic ring is 1. The van der Waals surface area contributed by atoms with Crippen molar-refractivity contribution in [2.75, 3.05) is 25.6 Å². The van der Waals surface area contributed by atoms with Crippen molar-refractivity contribution in [2.24, 2.45) is 5.92 Å². The van der Waals surface area contributed by atoms with Gasteiger partial charge in [0, 0.05) is 31.4 Å². The highest BCUT2D eigenvalue weighted by molar-refractivity contribution is 6.00. The highest BCUT2D eigenvalue weighted by atomic mass is 16.7. The largest absolute Gasteiger partial charge is 0.454 e. The minimum absolute atomic E-state index is 0.00507. The van der Waals surface area contributed by atoms with Gasteiger partial charge in [-0.15, -0.1) is 0 Å². The molecular weight excluding hydrogens is 382 g/mol. The number of aromatic nitrogens is 3. The fraction of sp³-hybridized carbons (Fsp3) is 0.318. The van der Waals surface area contributed by atoms with Gasteiger partial charge in [0.2, 0.25) is 12.7 Å². The lowest BCUT2D eigenvalue weighted by Crippen LogP contribution is -2.38. The average Bonchev–Trinajstić information content (AvgIpc) is 3.39. The predicted molar refractivity (Wildman–Crippen MR) is 113 cm³/mol. The molecule has 0 bridgehead atoms. The summed E-state index contributed by atoms with van der Waals surface area (Å²) >= 11 is 0. The van der Waals surface area contributed by atoms with E-state index in [1.54, 1.807) is 0 Å². The Morgan fingerprint density at radius 2 is 2.03 bits per heavy atom. The average molecular weight is 405 g/mol. The molecule has 1 saturated heterocycles. The summed E-state index contributed by atoms with van der Waals surface area (Å²) in [6.45, 7) is 6.13. The second-order valence-electron chi connectivity index (χ2n) is 7.69. The normalized spacial score (nSPS) is 16.2. The molecule has 1 aromatic carbocycles. The molecule has 2 aliphatic rings. The minimum atomic E-state index is 0.00507. The summed E-state index contributed by atoms with van der Waals surface area (Å²) in [5.41, 5.74) is 9.02. The van der Waals surface area contributed by atoms with E-state index in [2.05, 4.69) is 27.3 Å². The zero-order valence-electron chi connectivity index (χ0n) is 16.6. The number of anilines is 1. The first-order valence-corrected chi connectivity index (χ1v) is 10.0. The molecule has 0 atom stereocenters. The number of hydrogen-bond acceptors (Lipinski definition) is 6. The van der Waals surface area contributed by atoms with Crippen LogP contribution >= 0.6 is 0 Å². The van der Waals surface area contributed by atoms with E-state index in [1.165, 1.54) is 12.4 Å². The first-order valence-electron chi connectivity index (χ1n) is 10.0. The van der Waals surface area contributed by atoms with Crippen molar-refractivity contribution in [3.8, 4) is 22.6 Å². The van der Waals surface area contributed by atoms with Crippen molar-refractivity contribution in [1.29, 1.82) is 0 Å². The van der Waals surface area contributed by atoms with Gasteiger partial charge in [-0.25, -0.2) is 9.97 Å². The molecule has 0 unspecified atom stereocenters. The molecule has 1 fully saturated rings. The number of likely N-dealkylation sites (tertiary alicyclic amines) is 1. The van der Waals surface area contributed by atoms with E-state index in [-0.39, 0.29) is 12.7 Å². The third kappa shape index (κ3) is 3.14. The van der Waals surface area contributed by atoms with Crippen LogP contribution in [0.4, 0.5) is 5.82 Å². The Labute approximate surface area is 173 Å². The van der Waals surface area contributed by atoms with Crippen LogP contribution in [-0.2, 0) is 11.3 Å². The molecule has 4 heterocycles. The quantitative estimate of drug-likeness (QED) is 0.671. The molecule has 3 aromatic rings. The van der Waals surface area contributed by atoms with E-state index in [0.717, 1.165) is 66.1 Å². The van der Waals surface area contributed by atoms with Crippen LogP contribution in [-0.4, -0.2) is 45.2 Å². The van der Waals surface area contributed by atoms with Gasteiger partial charge in [0.15, 0.2) is 11.5 Å². The predicted octanol–water partition coefficient (Wildman–Crippen LogP) is 2.83. The van der Waals surface area contributed by atoms with E-state index >= 15 is 0 Å². The Kier molecular flexibility index (Phi) is 4.54. The molecule has 154 valence electrons. The maximum Gasteiger partial charge on any atom is 0.245 e. The van der Waals surface area contributed by atoms with Gasteiger partial charge in [0.25, 0.3) is 0 Å². The minimum Gasteiger partial charge on any atom is -0.454 e. The van der Waals surface area contributed by atoms with Crippen LogP contribution in [0.5, 0.6) is 11.5 Å². The smallest absolute Gasteiger partial charge is 0.245 e. The van der Waals surface area contributed by atoms with E-state index in [4.69, 9.17) is 15.2 Å². The lowest BCUT2D eigenvalue weighted by Gasteiger charge is -2.31. The molecule has 2 aliphatic heterocycles. The summed E-state index contributed by atoms with van der Waals surface area (Å²) in [5.74, 6) is 2.38. The molecule has 0 spiro atoms. The molecule has 30 heavy (non-hydrogen) atoms. The summed E-state index contributed by atoms with van der Waals surface area (Å²) < 4.78 is 13.1. The Morgan fingerprint density at radius 1 is 1.23 bits per heavy atom. The summed E-state index contributed by atoms with van der Waals surface area (Å²) in [6.07, 6.45) is 6.87. The number of nitrogens with zero attached hydrogens (tertiary/aromatic N) is 4. The molecule has 2 aromatic heterocycles. The van der Waals surface area contributed by atoms with Crippen molar-refractivity contribution in [1.82, 2.24) is 19.4 Å². The van der Waals surface area contributed by atoms with Gasteiger partial charge in [-0.2, -0.15) is 0 Å². The van der Waals surface area contributed by atoms with Crippen molar-refractivity contribution in [3.63, 3.8) is 0 Å². The van der Waals surface area contributed by atoms with Crippen molar-refractivity contribution in [3.05, 3.63) is 43.4 Å². The van der Waals surface area contributed by atoms with E-state index in [0.29, 0.717) is 11.7 Å². The van der Waals surface area contributed by atoms with Gasteiger partial charge < -0.3 is 24.7 Å². The second-order valence-corrected chi connectivity index (χ2v) is 7.69. The molecule has 0 aliphatic carbocycles. The lowest BCUT2D eigenvalue weighted by atomic mass is 9.96. The number of fused-ring (bicyclic) bond motifs is 2. The highest BCUT2D eigenvalue weighted by Crippen LogP contribution is 2.39. The monoisotopic (exact) mass is 405 g/mol. The standard InChI is InChI=1S/C22H23N5O3/c1-2-19(28)26-7-5-14(6-8-26)10-27-11-16(20-21(23)24-12-25-22(20)27)15-3-4-17-18(9-15)30-13-29-17/h2-4,9,11-12,14H,1,5-8,10,13H2,(H2,23,24,25). The molecular formula is C22H23N5O3. The summed E-state index contributed by atoms with van der Waals surface area (Å²) in [7, 11) is 0. The Bertz CT molecular complexity index is 1130. The number of amides is 1. The molecule has 1 amide bonds. The van der Waals surface area contributed by atoms with Gasteiger partial charge in [-0.1, -0.05) is 12.6 Å². The fourth-order valence-electron chi connectivity index (χ4n) is 4.31. The Hall–Kier alpha value is -3.55. The van der Waals surface area contributed by atoms with Gasteiger partial charge in [-0.3, -0.25) is 4.79 Å². The number of ether oxygens (including phenoxy) is 2. The van der Waals surface area contributed by atoms with Crippen LogP contribution in [0.2, 0.25) is 0 Å². The van der Waals surface area contributed by atoms with Crippen LogP contribution in [0.1, 0.15) is 12.8 Å². The number of carbonyl (C=O) groups is 1. The van der Waals surface area contributed by atoms with Crippen molar-refractivity contribution < 1.29 is 14.3 Å². The number of piperidine rings is 1. The maximum absolute atomic E-state index is 11.8. The van der Waals surface area contributed by atoms with Gasteiger partial charge >= 0.3 is 0 Å². The van der Waals surface area contributed by atoms with Crippen LogP contribution in [0.3, 0.4) is 0 Å². The number of hydrogen-bond donors (Lipinski definition) is 1. The van der Waals surface area contributed by atoms with Gasteiger partial charge in [0.05, 0.1) is 5.39 Å². The molecule has 8 heteroatoms. The molecule has 0 radical (unpaired) electrons. The maximum atomic E-state index is 11.8. The summed E-state index contributed by atoms with van der Waals surface area (Å²) in [5, 5.41) is 0.843. The Morgan fingerprint density at radius 3 is 2.83 bits per heavy atom. The number of benzene rings is 1. The van der Waals surface area contributed by atoms with Crippen LogP contribution < -0.4 is 15.2 Å². The van der Waals surface area contributed by atoms with Crippen molar-refractivity contribution in [2.45, 2.75) is 19.4 Å². The van der Waals surface area contributed by atoms with Gasteiger partial charge in [0.1, 0.15) is 17.8 Å². The highest BCUT2D eigenvalue weighted by Gasteiger charge is 2.24. The number of rotatable bonds is 4. The third-order valence-corrected chi connectivity index (χ3v) is 5.92. The van der Waals surface area contributed by atoms with Crippen molar-refractivity contribution >= 4 is 22.8 Å². The molecule has 5 rings (SSSR count). The first kappa shape index (κ1) is 18.5. The van der Waals surface area contributed by atoms with Crippen LogP contribution in [0.25, 0.3) is 22.2 Å². The van der Waals surface area contributed by atoms with E-state index in [9.17, 15) is 4.79 Å². The molecule has 2 N–H and O–H groups in total. The van der Waals surface area contributed by atoms with Gasteiger partial charge in [-0.05, 0) is 42.5 Å². The fourth-order valence-corrected chi connectivity index (χ4v) is 4.31. The third-order valence-electron chi connectivity index (χ3n) is 5.92.